The lowest BCUT2D eigenvalue weighted by Gasteiger charge is -2.16. The van der Waals surface area contributed by atoms with E-state index in [0.29, 0.717) is 12.2 Å². The van der Waals surface area contributed by atoms with Crippen LogP contribution in [0, 0.1) is 0 Å². The lowest BCUT2D eigenvalue weighted by Crippen LogP contribution is -2.29. The first kappa shape index (κ1) is 12.9. The molecular weight excluding hydrogens is 268 g/mol. The molecule has 1 fully saturated rings. The zero-order valence-electron chi connectivity index (χ0n) is 10.3. The van der Waals surface area contributed by atoms with Crippen LogP contribution in [0.2, 0.25) is 0 Å². The maximum absolute atomic E-state index is 11.4. The van der Waals surface area contributed by atoms with Crippen LogP contribution in [0.3, 0.4) is 0 Å². The van der Waals surface area contributed by atoms with E-state index in [1.54, 1.807) is 12.1 Å². The van der Waals surface area contributed by atoms with E-state index in [0.717, 1.165) is 17.5 Å². The van der Waals surface area contributed by atoms with Crippen LogP contribution in [-0.4, -0.2) is 42.3 Å². The van der Waals surface area contributed by atoms with Crippen LogP contribution < -0.4 is 4.74 Å². The van der Waals surface area contributed by atoms with Gasteiger partial charge in [-0.3, -0.25) is 0 Å². The molecule has 0 bridgehead atoms. The van der Waals surface area contributed by atoms with Crippen molar-refractivity contribution < 1.29 is 23.4 Å². The highest BCUT2D eigenvalue weighted by Gasteiger charge is 2.38. The Balaban J connectivity index is 1.78. The summed E-state index contributed by atoms with van der Waals surface area (Å²) in [6.45, 7) is 0. The highest BCUT2D eigenvalue weighted by molar-refractivity contribution is 7.91. The van der Waals surface area contributed by atoms with Crippen LogP contribution in [0.25, 0.3) is 0 Å². The van der Waals surface area contributed by atoms with Crippen LogP contribution >= 0.6 is 0 Å². The Hall–Kier alpha value is -1.11. The van der Waals surface area contributed by atoms with Crippen LogP contribution in [0.15, 0.2) is 18.2 Å². The second-order valence-corrected chi connectivity index (χ2v) is 7.37. The first-order valence-corrected chi connectivity index (χ1v) is 8.13. The molecule has 1 aromatic rings. The van der Waals surface area contributed by atoms with Crippen molar-refractivity contribution in [2.24, 2.45) is 0 Å². The standard InChI is InChI=1S/C13H16O5S/c14-11-4-1-8-5-9(2-3-10(8)11)18-13-7-19(16,17)6-12(13)15/h2-3,5,11-15H,1,4,6-7H2. The van der Waals surface area contributed by atoms with E-state index < -0.39 is 28.1 Å². The van der Waals surface area contributed by atoms with Crippen molar-refractivity contribution >= 4 is 9.84 Å². The predicted octanol–water partition coefficient (Wildman–Crippen LogP) is 0.203. The molecule has 0 spiro atoms. The Morgan fingerprint density at radius 2 is 2.00 bits per heavy atom. The average molecular weight is 284 g/mol. The van der Waals surface area contributed by atoms with Gasteiger partial charge in [-0.1, -0.05) is 6.07 Å². The van der Waals surface area contributed by atoms with E-state index in [2.05, 4.69) is 0 Å². The largest absolute Gasteiger partial charge is 0.487 e. The molecule has 19 heavy (non-hydrogen) atoms. The molecule has 0 saturated carbocycles. The normalized spacial score (nSPS) is 32.2. The number of sulfone groups is 1. The monoisotopic (exact) mass is 284 g/mol. The van der Waals surface area contributed by atoms with Crippen molar-refractivity contribution in [1.82, 2.24) is 0 Å². The van der Waals surface area contributed by atoms with Crippen molar-refractivity contribution in [3.63, 3.8) is 0 Å². The highest BCUT2D eigenvalue weighted by atomic mass is 32.2. The molecule has 104 valence electrons. The van der Waals surface area contributed by atoms with Crippen molar-refractivity contribution in [3.8, 4) is 5.75 Å². The number of hydrogen-bond acceptors (Lipinski definition) is 5. The van der Waals surface area contributed by atoms with Gasteiger partial charge in [0.15, 0.2) is 9.84 Å². The summed E-state index contributed by atoms with van der Waals surface area (Å²) < 4.78 is 28.4. The first-order chi connectivity index (χ1) is 8.94. The van der Waals surface area contributed by atoms with Gasteiger partial charge in [0.05, 0.1) is 17.6 Å². The molecule has 3 unspecified atom stereocenters. The van der Waals surface area contributed by atoms with E-state index in [4.69, 9.17) is 4.74 Å². The van der Waals surface area contributed by atoms with Gasteiger partial charge in [-0.25, -0.2) is 8.42 Å². The smallest absolute Gasteiger partial charge is 0.156 e. The van der Waals surface area contributed by atoms with E-state index in [9.17, 15) is 18.6 Å². The fourth-order valence-electron chi connectivity index (χ4n) is 2.73. The first-order valence-electron chi connectivity index (χ1n) is 6.31. The number of fused-ring (bicyclic) bond motifs is 1. The minimum absolute atomic E-state index is 0.145. The molecule has 0 amide bonds. The summed E-state index contributed by atoms with van der Waals surface area (Å²) in [6.07, 6.45) is -0.585. The number of ether oxygens (including phenoxy) is 1. The van der Waals surface area contributed by atoms with E-state index in [-0.39, 0.29) is 11.5 Å². The highest BCUT2D eigenvalue weighted by Crippen LogP contribution is 2.34. The average Bonchev–Trinajstić information content (AvgIpc) is 2.80. The van der Waals surface area contributed by atoms with Crippen molar-refractivity contribution in [1.29, 1.82) is 0 Å². The molecule has 1 aromatic carbocycles. The van der Waals surface area contributed by atoms with Crippen molar-refractivity contribution in [2.75, 3.05) is 11.5 Å². The summed E-state index contributed by atoms with van der Waals surface area (Å²) in [4.78, 5) is 0. The SMILES string of the molecule is O=S1(=O)CC(O)C(Oc2ccc3c(c2)CCC3O)C1. The summed E-state index contributed by atoms with van der Waals surface area (Å²) >= 11 is 0. The molecule has 1 saturated heterocycles. The van der Waals surface area contributed by atoms with Crippen LogP contribution in [0.5, 0.6) is 5.75 Å². The Labute approximate surface area is 111 Å². The minimum atomic E-state index is -3.20. The molecule has 1 aliphatic carbocycles. The second kappa shape index (κ2) is 4.47. The van der Waals surface area contributed by atoms with Gasteiger partial charge in [0.2, 0.25) is 0 Å². The van der Waals surface area contributed by atoms with Gasteiger partial charge in [0, 0.05) is 0 Å². The van der Waals surface area contributed by atoms with E-state index in [1.807, 2.05) is 6.07 Å². The summed E-state index contributed by atoms with van der Waals surface area (Å²) in [7, 11) is -3.20. The lowest BCUT2D eigenvalue weighted by atomic mass is 10.1. The second-order valence-electron chi connectivity index (χ2n) is 5.22. The van der Waals surface area contributed by atoms with Crippen LogP contribution in [0.4, 0.5) is 0 Å². The molecule has 1 aliphatic heterocycles. The molecule has 6 heteroatoms. The fraction of sp³-hybridized carbons (Fsp3) is 0.538. The van der Waals surface area contributed by atoms with Gasteiger partial charge in [0.25, 0.3) is 0 Å². The maximum atomic E-state index is 11.4. The summed E-state index contributed by atoms with van der Waals surface area (Å²) in [5, 5.41) is 19.4. The van der Waals surface area contributed by atoms with Gasteiger partial charge in [-0.2, -0.15) is 0 Å². The number of aryl methyl sites for hydroxylation is 1. The van der Waals surface area contributed by atoms with Crippen molar-refractivity contribution in [2.45, 2.75) is 31.2 Å². The third-order valence-electron chi connectivity index (χ3n) is 3.72. The maximum Gasteiger partial charge on any atom is 0.156 e. The fourth-order valence-corrected chi connectivity index (χ4v) is 4.39. The number of rotatable bonds is 2. The molecule has 3 rings (SSSR count). The van der Waals surface area contributed by atoms with E-state index in [1.165, 1.54) is 0 Å². The predicted molar refractivity (Wildman–Crippen MR) is 68.8 cm³/mol. The number of aliphatic hydroxyl groups excluding tert-OH is 2. The lowest BCUT2D eigenvalue weighted by molar-refractivity contribution is 0.0737. The topological polar surface area (TPSA) is 83.8 Å². The van der Waals surface area contributed by atoms with Gasteiger partial charge >= 0.3 is 0 Å². The molecule has 2 N–H and O–H groups in total. The molecule has 5 nitrogen and oxygen atoms in total. The Bertz CT molecular complexity index is 595. The number of hydrogen-bond donors (Lipinski definition) is 2. The Morgan fingerprint density at radius 3 is 2.68 bits per heavy atom. The minimum Gasteiger partial charge on any atom is -0.487 e. The molecule has 2 aliphatic rings. The summed E-state index contributed by atoms with van der Waals surface area (Å²) in [6, 6.07) is 5.34. The van der Waals surface area contributed by atoms with Gasteiger partial charge in [0.1, 0.15) is 18.0 Å². The quantitative estimate of drug-likeness (QED) is 0.810. The Morgan fingerprint density at radius 1 is 1.21 bits per heavy atom. The van der Waals surface area contributed by atoms with Gasteiger partial charge in [-0.05, 0) is 36.1 Å². The third kappa shape index (κ3) is 2.48. The van der Waals surface area contributed by atoms with Crippen LogP contribution in [0.1, 0.15) is 23.7 Å². The van der Waals surface area contributed by atoms with Gasteiger partial charge in [-0.15, -0.1) is 0 Å². The molecule has 1 heterocycles. The van der Waals surface area contributed by atoms with E-state index >= 15 is 0 Å². The Kier molecular flexibility index (Phi) is 3.03. The summed E-state index contributed by atoms with van der Waals surface area (Å²) in [5.74, 6) is 0.170. The third-order valence-corrected chi connectivity index (χ3v) is 5.41. The molecule has 0 radical (unpaired) electrons. The number of benzene rings is 1. The van der Waals surface area contributed by atoms with Gasteiger partial charge < -0.3 is 14.9 Å². The van der Waals surface area contributed by atoms with Crippen LogP contribution in [-0.2, 0) is 16.3 Å². The number of aliphatic hydroxyl groups is 2. The zero-order chi connectivity index (χ0) is 13.6. The zero-order valence-corrected chi connectivity index (χ0v) is 11.1. The molecular formula is C13H16O5S. The summed E-state index contributed by atoms with van der Waals surface area (Å²) in [5.41, 5.74) is 1.94. The molecule has 0 aromatic heterocycles. The van der Waals surface area contributed by atoms with Crippen molar-refractivity contribution in [3.05, 3.63) is 29.3 Å². The molecule has 3 atom stereocenters.